The van der Waals surface area contributed by atoms with Crippen LogP contribution in [-0.2, 0) is 16.1 Å². The summed E-state index contributed by atoms with van der Waals surface area (Å²) in [6.45, 7) is 8.32. The minimum Gasteiger partial charge on any atom is -0.483 e. The molecule has 0 aliphatic rings. The highest BCUT2D eigenvalue weighted by Crippen LogP contribution is 2.24. The SMILES string of the molecule is CCCNC(=O)C(CC)N(Cc1ccc(Cl)cc1Cl)C(=O)COc1cc(C)ccc1C. The topological polar surface area (TPSA) is 58.6 Å². The van der Waals surface area contributed by atoms with Crippen LogP contribution in [0, 0.1) is 13.8 Å². The smallest absolute Gasteiger partial charge is 0.261 e. The zero-order chi connectivity index (χ0) is 23.0. The van der Waals surface area contributed by atoms with Crippen LogP contribution >= 0.6 is 23.2 Å². The molecule has 2 aromatic rings. The number of benzene rings is 2. The van der Waals surface area contributed by atoms with E-state index < -0.39 is 6.04 Å². The predicted molar refractivity (Wildman–Crippen MR) is 126 cm³/mol. The Hall–Kier alpha value is -2.24. The monoisotopic (exact) mass is 464 g/mol. The summed E-state index contributed by atoms with van der Waals surface area (Å²) in [5.41, 5.74) is 2.70. The molecule has 0 heterocycles. The van der Waals surface area contributed by atoms with E-state index in [1.165, 1.54) is 4.90 Å². The zero-order valence-corrected chi connectivity index (χ0v) is 20.0. The van der Waals surface area contributed by atoms with Gasteiger partial charge in [-0.3, -0.25) is 9.59 Å². The molecule has 1 atom stereocenters. The van der Waals surface area contributed by atoms with Crippen molar-refractivity contribution < 1.29 is 14.3 Å². The van der Waals surface area contributed by atoms with Crippen molar-refractivity contribution in [3.05, 3.63) is 63.1 Å². The number of carbonyl (C=O) groups is 2. The Labute approximate surface area is 194 Å². The summed E-state index contributed by atoms with van der Waals surface area (Å²) in [6.07, 6.45) is 1.28. The maximum atomic E-state index is 13.2. The second kappa shape index (κ2) is 12.0. The van der Waals surface area contributed by atoms with E-state index in [-0.39, 0.29) is 25.0 Å². The number of nitrogens with one attached hydrogen (secondary N) is 1. The average molecular weight is 465 g/mol. The number of hydrogen-bond donors (Lipinski definition) is 1. The summed E-state index contributed by atoms with van der Waals surface area (Å²) in [5.74, 6) is 0.182. The number of amides is 2. The number of ether oxygens (including phenoxy) is 1. The van der Waals surface area contributed by atoms with E-state index in [9.17, 15) is 9.59 Å². The van der Waals surface area contributed by atoms with Crippen LogP contribution in [0.2, 0.25) is 10.0 Å². The van der Waals surface area contributed by atoms with Crippen molar-refractivity contribution >= 4 is 35.0 Å². The lowest BCUT2D eigenvalue weighted by molar-refractivity contribution is -0.143. The Bertz CT molecular complexity index is 918. The molecule has 0 saturated carbocycles. The van der Waals surface area contributed by atoms with Gasteiger partial charge in [-0.15, -0.1) is 0 Å². The third-order valence-corrected chi connectivity index (χ3v) is 5.57. The number of rotatable bonds is 10. The summed E-state index contributed by atoms with van der Waals surface area (Å²) < 4.78 is 5.83. The molecule has 0 bridgehead atoms. The van der Waals surface area contributed by atoms with E-state index in [4.69, 9.17) is 27.9 Å². The van der Waals surface area contributed by atoms with Gasteiger partial charge in [-0.1, -0.05) is 55.2 Å². The van der Waals surface area contributed by atoms with Gasteiger partial charge < -0.3 is 15.0 Å². The molecule has 0 aromatic heterocycles. The van der Waals surface area contributed by atoms with Gasteiger partial charge in [0.25, 0.3) is 5.91 Å². The molecular weight excluding hydrogens is 435 g/mol. The summed E-state index contributed by atoms with van der Waals surface area (Å²) in [6, 6.07) is 10.3. The van der Waals surface area contributed by atoms with Gasteiger partial charge in [-0.2, -0.15) is 0 Å². The number of carbonyl (C=O) groups excluding carboxylic acids is 2. The van der Waals surface area contributed by atoms with Crippen LogP contribution in [0.1, 0.15) is 43.4 Å². The van der Waals surface area contributed by atoms with Gasteiger partial charge in [0, 0.05) is 23.1 Å². The Balaban J connectivity index is 2.26. The van der Waals surface area contributed by atoms with E-state index in [1.807, 2.05) is 45.9 Å². The molecule has 1 unspecified atom stereocenters. The van der Waals surface area contributed by atoms with Gasteiger partial charge >= 0.3 is 0 Å². The van der Waals surface area contributed by atoms with Gasteiger partial charge in [-0.05, 0) is 61.6 Å². The molecule has 1 N–H and O–H groups in total. The van der Waals surface area contributed by atoms with Crippen LogP contribution in [-0.4, -0.2) is 35.9 Å². The Morgan fingerprint density at radius 3 is 2.48 bits per heavy atom. The lowest BCUT2D eigenvalue weighted by Gasteiger charge is -2.31. The number of aryl methyl sites for hydroxylation is 2. The third-order valence-electron chi connectivity index (χ3n) is 4.99. The maximum absolute atomic E-state index is 13.2. The van der Waals surface area contributed by atoms with Crippen LogP contribution in [0.15, 0.2) is 36.4 Å². The highest BCUT2D eigenvalue weighted by atomic mass is 35.5. The summed E-state index contributed by atoms with van der Waals surface area (Å²) in [7, 11) is 0. The molecule has 2 rings (SSSR count). The number of hydrogen-bond acceptors (Lipinski definition) is 3. The van der Waals surface area contributed by atoms with Crippen LogP contribution in [0.4, 0.5) is 0 Å². The van der Waals surface area contributed by atoms with Crippen LogP contribution in [0.25, 0.3) is 0 Å². The molecule has 0 aliphatic heterocycles. The summed E-state index contributed by atoms with van der Waals surface area (Å²) in [4.78, 5) is 27.5. The molecule has 0 radical (unpaired) electrons. The fraction of sp³-hybridized carbons (Fsp3) is 0.417. The molecule has 2 aromatic carbocycles. The third kappa shape index (κ3) is 7.15. The molecule has 2 amide bonds. The van der Waals surface area contributed by atoms with Crippen LogP contribution in [0.5, 0.6) is 5.75 Å². The summed E-state index contributed by atoms with van der Waals surface area (Å²) >= 11 is 12.4. The number of nitrogens with zero attached hydrogens (tertiary/aromatic N) is 1. The highest BCUT2D eigenvalue weighted by Gasteiger charge is 2.29. The van der Waals surface area contributed by atoms with Crippen molar-refractivity contribution in [3.63, 3.8) is 0 Å². The Morgan fingerprint density at radius 1 is 1.10 bits per heavy atom. The zero-order valence-electron chi connectivity index (χ0n) is 18.5. The van der Waals surface area contributed by atoms with Gasteiger partial charge in [0.15, 0.2) is 6.61 Å². The molecule has 0 aliphatic carbocycles. The molecule has 0 fully saturated rings. The Kier molecular flexibility index (Phi) is 9.66. The second-order valence-corrected chi connectivity index (χ2v) is 8.37. The Morgan fingerprint density at radius 2 is 1.84 bits per heavy atom. The van der Waals surface area contributed by atoms with E-state index in [0.29, 0.717) is 34.3 Å². The fourth-order valence-electron chi connectivity index (χ4n) is 3.20. The molecule has 0 spiro atoms. The molecule has 7 heteroatoms. The van der Waals surface area contributed by atoms with Gasteiger partial charge in [0.1, 0.15) is 11.8 Å². The molecule has 0 saturated heterocycles. The maximum Gasteiger partial charge on any atom is 0.261 e. The lowest BCUT2D eigenvalue weighted by Crippen LogP contribution is -2.50. The van der Waals surface area contributed by atoms with E-state index in [0.717, 1.165) is 17.5 Å². The number of halogens is 2. The van der Waals surface area contributed by atoms with Crippen molar-refractivity contribution in [1.82, 2.24) is 10.2 Å². The van der Waals surface area contributed by atoms with Crippen molar-refractivity contribution in [2.24, 2.45) is 0 Å². The second-order valence-electron chi connectivity index (χ2n) is 7.53. The van der Waals surface area contributed by atoms with Crippen molar-refractivity contribution in [2.75, 3.05) is 13.2 Å². The lowest BCUT2D eigenvalue weighted by atomic mass is 10.1. The predicted octanol–water partition coefficient (Wildman–Crippen LogP) is 5.32. The fourth-order valence-corrected chi connectivity index (χ4v) is 3.67. The van der Waals surface area contributed by atoms with Crippen molar-refractivity contribution in [2.45, 2.75) is 53.1 Å². The van der Waals surface area contributed by atoms with E-state index >= 15 is 0 Å². The molecular formula is C24H30Cl2N2O3. The first-order valence-electron chi connectivity index (χ1n) is 10.5. The molecule has 168 valence electrons. The van der Waals surface area contributed by atoms with Gasteiger partial charge in [-0.25, -0.2) is 0 Å². The summed E-state index contributed by atoms with van der Waals surface area (Å²) in [5, 5.41) is 3.85. The van der Waals surface area contributed by atoms with Crippen LogP contribution < -0.4 is 10.1 Å². The first-order valence-corrected chi connectivity index (χ1v) is 11.2. The highest BCUT2D eigenvalue weighted by molar-refractivity contribution is 6.35. The average Bonchev–Trinajstić information content (AvgIpc) is 2.73. The molecule has 5 nitrogen and oxygen atoms in total. The standard InChI is InChI=1S/C24H30Cl2N2O3/c1-5-11-27-24(30)21(6-2)28(14-18-9-10-19(25)13-20(18)26)23(29)15-31-22-12-16(3)7-8-17(22)4/h7-10,12-13,21H,5-6,11,14-15H2,1-4H3,(H,27,30). The first-order chi connectivity index (χ1) is 14.8. The molecule has 31 heavy (non-hydrogen) atoms. The largest absolute Gasteiger partial charge is 0.483 e. The van der Waals surface area contributed by atoms with E-state index in [2.05, 4.69) is 5.32 Å². The minimum absolute atomic E-state index is 0.174. The van der Waals surface area contributed by atoms with Gasteiger partial charge in [0.05, 0.1) is 0 Å². The van der Waals surface area contributed by atoms with Crippen molar-refractivity contribution in [1.29, 1.82) is 0 Å². The minimum atomic E-state index is -0.631. The normalized spacial score (nSPS) is 11.7. The quantitative estimate of drug-likeness (QED) is 0.517. The van der Waals surface area contributed by atoms with Crippen LogP contribution in [0.3, 0.4) is 0 Å². The van der Waals surface area contributed by atoms with Crippen molar-refractivity contribution in [3.8, 4) is 5.75 Å². The van der Waals surface area contributed by atoms with E-state index in [1.54, 1.807) is 18.2 Å². The van der Waals surface area contributed by atoms with Gasteiger partial charge in [0.2, 0.25) is 5.91 Å². The first kappa shape index (κ1) is 25.0.